The van der Waals surface area contributed by atoms with E-state index in [9.17, 15) is 14.4 Å². The van der Waals surface area contributed by atoms with Crippen LogP contribution in [0.15, 0.2) is 29.1 Å². The zero-order chi connectivity index (χ0) is 20.0. The number of fused-ring (bicyclic) bond motifs is 2. The monoisotopic (exact) mass is 394 g/mol. The Hall–Kier alpha value is -3.09. The quantitative estimate of drug-likeness (QED) is 0.811. The molecule has 2 N–H and O–H groups in total. The van der Waals surface area contributed by atoms with Crippen molar-refractivity contribution in [3.05, 3.63) is 51.4 Å². The first-order valence-corrected chi connectivity index (χ1v) is 10.2. The Balaban J connectivity index is 1.38. The van der Waals surface area contributed by atoms with Crippen LogP contribution in [0.1, 0.15) is 71.4 Å². The third kappa shape index (κ3) is 3.20. The van der Waals surface area contributed by atoms with Crippen molar-refractivity contribution in [2.75, 3.05) is 5.32 Å². The van der Waals surface area contributed by atoms with Gasteiger partial charge in [-0.15, -0.1) is 0 Å². The van der Waals surface area contributed by atoms with Gasteiger partial charge in [0.05, 0.1) is 0 Å². The average Bonchev–Trinajstić information content (AvgIpc) is 3.04. The zero-order valence-corrected chi connectivity index (χ0v) is 16.0. The van der Waals surface area contributed by atoms with Gasteiger partial charge in [-0.3, -0.25) is 14.4 Å². The van der Waals surface area contributed by atoms with E-state index in [0.29, 0.717) is 47.7 Å². The number of hydrogen-bond donors (Lipinski definition) is 2. The minimum absolute atomic E-state index is 0.0441. The number of carbonyl (C=O) groups excluding carboxylic acids is 2. The lowest BCUT2D eigenvalue weighted by molar-refractivity contribution is -0.105. The zero-order valence-electron chi connectivity index (χ0n) is 16.0. The van der Waals surface area contributed by atoms with Crippen molar-refractivity contribution in [3.8, 4) is 11.5 Å². The average molecular weight is 394 g/mol. The van der Waals surface area contributed by atoms with Gasteiger partial charge in [0.2, 0.25) is 0 Å². The van der Waals surface area contributed by atoms with Crippen molar-refractivity contribution in [1.29, 1.82) is 0 Å². The normalized spacial score (nSPS) is 19.1. The number of amides is 1. The summed E-state index contributed by atoms with van der Waals surface area (Å²) in [6, 6.07) is 6.62. The van der Waals surface area contributed by atoms with E-state index in [1.165, 1.54) is 12.5 Å². The Morgan fingerprint density at radius 2 is 1.76 bits per heavy atom. The number of aromatic amines is 1. The number of aromatic nitrogens is 1. The lowest BCUT2D eigenvalue weighted by Crippen LogP contribution is -2.40. The van der Waals surface area contributed by atoms with Gasteiger partial charge in [-0.05, 0) is 43.9 Å². The summed E-state index contributed by atoms with van der Waals surface area (Å²) in [6.45, 7) is 0. The fourth-order valence-corrected chi connectivity index (χ4v) is 4.41. The minimum atomic E-state index is -0.584. The fraction of sp³-hybridized carbons (Fsp3) is 0.409. The summed E-state index contributed by atoms with van der Waals surface area (Å²) in [5.74, 6) is 0.0802. The lowest BCUT2D eigenvalue weighted by atomic mass is 9.93. The van der Waals surface area contributed by atoms with E-state index in [2.05, 4.69) is 10.3 Å². The summed E-state index contributed by atoms with van der Waals surface area (Å²) < 4.78 is 12.1. The van der Waals surface area contributed by atoms with E-state index in [4.69, 9.17) is 9.47 Å². The summed E-state index contributed by atoms with van der Waals surface area (Å²) in [4.78, 5) is 39.9. The van der Waals surface area contributed by atoms with Crippen molar-refractivity contribution in [3.63, 3.8) is 0 Å². The molecule has 2 aromatic rings. The van der Waals surface area contributed by atoms with Crippen LogP contribution in [0.2, 0.25) is 0 Å². The van der Waals surface area contributed by atoms with Crippen LogP contribution >= 0.6 is 0 Å². The molecule has 1 aromatic carbocycles. The maximum absolute atomic E-state index is 12.7. The Morgan fingerprint density at radius 3 is 2.59 bits per heavy atom. The number of carbonyl (C=O) groups is 2. The van der Waals surface area contributed by atoms with Crippen molar-refractivity contribution in [2.24, 2.45) is 0 Å². The van der Waals surface area contributed by atoms with Gasteiger partial charge in [0.25, 0.3) is 17.3 Å². The molecule has 0 bridgehead atoms. The lowest BCUT2D eigenvalue weighted by Gasteiger charge is -2.31. The fourth-order valence-electron chi connectivity index (χ4n) is 4.41. The number of aryl methyl sites for hydroxylation is 1. The molecule has 2 heterocycles. The summed E-state index contributed by atoms with van der Waals surface area (Å²) in [7, 11) is 0. The molecule has 1 aromatic heterocycles. The van der Waals surface area contributed by atoms with Crippen LogP contribution in [-0.2, 0) is 6.42 Å². The van der Waals surface area contributed by atoms with Gasteiger partial charge in [0, 0.05) is 42.3 Å². The maximum atomic E-state index is 12.7. The number of anilines is 1. The predicted octanol–water partition coefficient (Wildman–Crippen LogP) is 3.58. The third-order valence-electron chi connectivity index (χ3n) is 5.91. The molecule has 150 valence electrons. The summed E-state index contributed by atoms with van der Waals surface area (Å²) in [6.07, 6.45) is 6.81. The predicted molar refractivity (Wildman–Crippen MR) is 106 cm³/mol. The van der Waals surface area contributed by atoms with Crippen molar-refractivity contribution >= 4 is 17.4 Å². The van der Waals surface area contributed by atoms with Gasteiger partial charge in [-0.2, -0.15) is 0 Å². The van der Waals surface area contributed by atoms with Gasteiger partial charge in [-0.1, -0.05) is 6.42 Å². The standard InChI is InChI=1S/C22H22N2O5/c25-17-6-4-5-16-14(17)12-15(21(27)24-16)20(26)23-13-7-8-18-19(11-13)29-22(28-18)9-2-1-3-10-22/h7-8,11-12H,1-6,9-10H2,(H,23,26)(H,24,27). The molecule has 2 aliphatic carbocycles. The van der Waals surface area contributed by atoms with E-state index in [0.717, 1.165) is 25.7 Å². The second-order valence-electron chi connectivity index (χ2n) is 7.97. The molecule has 0 radical (unpaired) electrons. The number of hydrogen-bond acceptors (Lipinski definition) is 5. The van der Waals surface area contributed by atoms with Crippen LogP contribution < -0.4 is 20.3 Å². The van der Waals surface area contributed by atoms with Gasteiger partial charge in [0.15, 0.2) is 17.3 Å². The summed E-state index contributed by atoms with van der Waals surface area (Å²) in [5, 5.41) is 2.74. The van der Waals surface area contributed by atoms with Crippen LogP contribution in [0.4, 0.5) is 5.69 Å². The SMILES string of the molecule is O=C1CCCc2[nH]c(=O)c(C(=O)Nc3ccc4c(c3)OC3(CCCCC3)O4)cc21. The molecular weight excluding hydrogens is 372 g/mol. The molecule has 29 heavy (non-hydrogen) atoms. The van der Waals surface area contributed by atoms with E-state index in [1.54, 1.807) is 18.2 Å². The smallest absolute Gasteiger partial charge is 0.261 e. The summed E-state index contributed by atoms with van der Waals surface area (Å²) in [5.41, 5.74) is 1.00. The topological polar surface area (TPSA) is 97.5 Å². The molecule has 0 unspecified atom stereocenters. The number of ether oxygens (including phenoxy) is 2. The molecule has 1 fully saturated rings. The molecule has 7 heteroatoms. The van der Waals surface area contributed by atoms with E-state index in [-0.39, 0.29) is 11.3 Å². The first kappa shape index (κ1) is 18.0. The molecule has 3 aliphatic rings. The second kappa shape index (κ2) is 6.76. The van der Waals surface area contributed by atoms with Gasteiger partial charge in [0.1, 0.15) is 5.56 Å². The van der Waals surface area contributed by atoms with E-state index >= 15 is 0 Å². The highest BCUT2D eigenvalue weighted by molar-refractivity contribution is 6.06. The molecule has 5 rings (SSSR count). The number of rotatable bonds is 2. The van der Waals surface area contributed by atoms with Crippen molar-refractivity contribution < 1.29 is 19.1 Å². The Kier molecular flexibility index (Phi) is 4.19. The van der Waals surface area contributed by atoms with Gasteiger partial charge in [-0.25, -0.2) is 0 Å². The van der Waals surface area contributed by atoms with Crippen LogP contribution in [0.25, 0.3) is 0 Å². The Bertz CT molecular complexity index is 1070. The van der Waals surface area contributed by atoms with E-state index < -0.39 is 17.3 Å². The molecule has 1 amide bonds. The number of benzene rings is 1. The first-order chi connectivity index (χ1) is 14.0. The molecular formula is C22H22N2O5. The summed E-state index contributed by atoms with van der Waals surface area (Å²) >= 11 is 0. The molecule has 0 atom stereocenters. The third-order valence-corrected chi connectivity index (χ3v) is 5.91. The van der Waals surface area contributed by atoms with Crippen LogP contribution in [0, 0.1) is 0 Å². The van der Waals surface area contributed by atoms with Gasteiger partial charge >= 0.3 is 0 Å². The number of nitrogens with one attached hydrogen (secondary N) is 2. The van der Waals surface area contributed by atoms with Gasteiger partial charge < -0.3 is 19.8 Å². The minimum Gasteiger partial charge on any atom is -0.448 e. The molecule has 1 saturated carbocycles. The van der Waals surface area contributed by atoms with E-state index in [1.807, 2.05) is 0 Å². The molecule has 0 saturated heterocycles. The Labute approximate surface area is 167 Å². The van der Waals surface area contributed by atoms with Crippen LogP contribution in [0.3, 0.4) is 0 Å². The second-order valence-corrected chi connectivity index (χ2v) is 7.97. The largest absolute Gasteiger partial charge is 0.448 e. The number of pyridine rings is 1. The first-order valence-electron chi connectivity index (χ1n) is 10.2. The molecule has 1 spiro atoms. The molecule has 1 aliphatic heterocycles. The number of Topliss-reactive ketones (excluding diaryl/α,β-unsaturated/α-hetero) is 1. The highest BCUT2D eigenvalue weighted by Crippen LogP contribution is 2.46. The van der Waals surface area contributed by atoms with Crippen molar-refractivity contribution in [2.45, 2.75) is 57.2 Å². The van der Waals surface area contributed by atoms with Crippen LogP contribution in [-0.4, -0.2) is 22.5 Å². The van der Waals surface area contributed by atoms with Crippen molar-refractivity contribution in [1.82, 2.24) is 4.98 Å². The highest BCUT2D eigenvalue weighted by atomic mass is 16.7. The number of H-pyrrole nitrogens is 1. The maximum Gasteiger partial charge on any atom is 0.261 e. The van der Waals surface area contributed by atoms with Crippen LogP contribution in [0.5, 0.6) is 11.5 Å². The highest BCUT2D eigenvalue weighted by Gasteiger charge is 2.42. The number of ketones is 1. The Morgan fingerprint density at radius 1 is 0.966 bits per heavy atom. The molecule has 7 nitrogen and oxygen atoms in total.